The van der Waals surface area contributed by atoms with E-state index in [4.69, 9.17) is 11.6 Å². The second kappa shape index (κ2) is 12.4. The fraction of sp³-hybridized carbons (Fsp3) is 0.462. The summed E-state index contributed by atoms with van der Waals surface area (Å²) in [4.78, 5) is 27.8. The van der Waals surface area contributed by atoms with Crippen molar-refractivity contribution in [3.8, 4) is 0 Å². The molecule has 35 heavy (non-hydrogen) atoms. The van der Waals surface area contributed by atoms with Crippen LogP contribution >= 0.6 is 11.6 Å². The minimum Gasteiger partial charge on any atom is -0.354 e. The predicted molar refractivity (Wildman–Crippen MR) is 142 cm³/mol. The Kier molecular flexibility index (Phi) is 10.2. The van der Waals surface area contributed by atoms with Crippen LogP contribution in [0.1, 0.15) is 51.7 Å². The lowest BCUT2D eigenvalue weighted by molar-refractivity contribution is -0.139. The van der Waals surface area contributed by atoms with Crippen molar-refractivity contribution in [1.29, 1.82) is 0 Å². The summed E-state index contributed by atoms with van der Waals surface area (Å²) >= 11 is 5.99. The van der Waals surface area contributed by atoms with Crippen LogP contribution in [0.15, 0.2) is 48.5 Å². The van der Waals surface area contributed by atoms with Crippen LogP contribution < -0.4 is 9.62 Å². The Bertz CT molecular complexity index is 1100. The Hall–Kier alpha value is -2.58. The van der Waals surface area contributed by atoms with Crippen LogP contribution in [0.2, 0.25) is 5.02 Å². The number of sulfonamides is 1. The van der Waals surface area contributed by atoms with Gasteiger partial charge in [-0.15, -0.1) is 0 Å². The quantitative estimate of drug-likeness (QED) is 0.474. The summed E-state index contributed by atoms with van der Waals surface area (Å²) in [5, 5.41) is 3.42. The molecule has 0 heterocycles. The van der Waals surface area contributed by atoms with Gasteiger partial charge in [-0.05, 0) is 54.2 Å². The topological polar surface area (TPSA) is 86.8 Å². The number of hydrogen-bond acceptors (Lipinski definition) is 4. The number of nitrogens with one attached hydrogen (secondary N) is 1. The molecule has 0 bridgehead atoms. The molecule has 0 saturated heterocycles. The molecule has 0 spiro atoms. The molecule has 192 valence electrons. The van der Waals surface area contributed by atoms with Crippen molar-refractivity contribution in [2.45, 2.75) is 53.1 Å². The molecule has 0 saturated carbocycles. The Morgan fingerprint density at radius 1 is 0.943 bits per heavy atom. The number of halogens is 1. The normalized spacial score (nSPS) is 12.5. The van der Waals surface area contributed by atoms with Crippen LogP contribution in [-0.4, -0.2) is 50.5 Å². The van der Waals surface area contributed by atoms with Crippen LogP contribution in [0.4, 0.5) is 5.69 Å². The largest absolute Gasteiger partial charge is 0.354 e. The maximum absolute atomic E-state index is 13.5. The van der Waals surface area contributed by atoms with E-state index in [9.17, 15) is 18.0 Å². The second-order valence-electron chi connectivity index (χ2n) is 9.48. The molecule has 0 aliphatic heterocycles. The Morgan fingerprint density at radius 2 is 1.51 bits per heavy atom. The van der Waals surface area contributed by atoms with Gasteiger partial charge in [0.25, 0.3) is 0 Å². The first-order chi connectivity index (χ1) is 16.3. The first-order valence-electron chi connectivity index (χ1n) is 11.7. The lowest BCUT2D eigenvalue weighted by atomic mass is 10.0. The summed E-state index contributed by atoms with van der Waals surface area (Å²) in [5.41, 5.74) is 2.24. The minimum absolute atomic E-state index is 0.135. The number of nitrogens with zero attached hydrogens (tertiary/aromatic N) is 2. The molecular weight excluding hydrogens is 486 g/mol. The zero-order valence-electron chi connectivity index (χ0n) is 21.3. The number of carbonyl (C=O) groups is 2. The first kappa shape index (κ1) is 28.7. The number of anilines is 1. The van der Waals surface area contributed by atoms with Gasteiger partial charge < -0.3 is 10.2 Å². The average molecular weight is 522 g/mol. The number of benzene rings is 2. The van der Waals surface area contributed by atoms with Crippen LogP contribution in [0.25, 0.3) is 0 Å². The lowest BCUT2D eigenvalue weighted by Crippen LogP contribution is -2.51. The van der Waals surface area contributed by atoms with Crippen molar-refractivity contribution < 1.29 is 18.0 Å². The smallest absolute Gasteiger partial charge is 0.244 e. The zero-order valence-corrected chi connectivity index (χ0v) is 22.9. The molecule has 2 amide bonds. The molecule has 0 aromatic heterocycles. The Labute approximate surface area is 214 Å². The van der Waals surface area contributed by atoms with Gasteiger partial charge in [0, 0.05) is 18.1 Å². The van der Waals surface area contributed by atoms with Crippen molar-refractivity contribution in [3.05, 3.63) is 64.7 Å². The van der Waals surface area contributed by atoms with Gasteiger partial charge in [-0.25, -0.2) is 8.42 Å². The van der Waals surface area contributed by atoms with Crippen LogP contribution in [0.5, 0.6) is 0 Å². The van der Waals surface area contributed by atoms with Gasteiger partial charge in [0.05, 0.1) is 11.9 Å². The minimum atomic E-state index is -3.76. The third kappa shape index (κ3) is 8.54. The SMILES string of the molecule is CC(C)CNC(=O)[C@@H](C)N(Cc1ccc(Cl)cc1)C(=O)CN(c1ccc(C(C)C)cc1)S(C)(=O)=O. The maximum atomic E-state index is 13.5. The number of carbonyl (C=O) groups excluding carboxylic acids is 2. The van der Waals surface area contributed by atoms with Gasteiger partial charge in [0.2, 0.25) is 21.8 Å². The van der Waals surface area contributed by atoms with Crippen molar-refractivity contribution in [2.75, 3.05) is 23.7 Å². The lowest BCUT2D eigenvalue weighted by Gasteiger charge is -2.31. The van der Waals surface area contributed by atoms with E-state index in [0.29, 0.717) is 17.3 Å². The number of rotatable bonds is 11. The summed E-state index contributed by atoms with van der Waals surface area (Å²) in [5.74, 6) is -0.239. The highest BCUT2D eigenvalue weighted by atomic mass is 35.5. The molecule has 0 unspecified atom stereocenters. The van der Waals surface area contributed by atoms with Crippen molar-refractivity contribution in [3.63, 3.8) is 0 Å². The van der Waals surface area contributed by atoms with Gasteiger partial charge in [-0.3, -0.25) is 13.9 Å². The highest BCUT2D eigenvalue weighted by Crippen LogP contribution is 2.23. The van der Waals surface area contributed by atoms with Crippen LogP contribution in [0.3, 0.4) is 0 Å². The molecule has 7 nitrogen and oxygen atoms in total. The molecule has 0 fully saturated rings. The zero-order chi connectivity index (χ0) is 26.3. The van der Waals surface area contributed by atoms with E-state index >= 15 is 0 Å². The third-order valence-corrected chi connectivity index (χ3v) is 7.04. The summed E-state index contributed by atoms with van der Waals surface area (Å²) in [6.07, 6.45) is 1.07. The van der Waals surface area contributed by atoms with Gasteiger partial charge in [-0.2, -0.15) is 0 Å². The van der Waals surface area contributed by atoms with Gasteiger partial charge in [-0.1, -0.05) is 63.6 Å². The standard InChI is InChI=1S/C26H36ClN3O4S/c1-18(2)15-28-26(32)20(5)29(16-21-7-11-23(27)12-8-21)25(31)17-30(35(6,33)34)24-13-9-22(10-14-24)19(3)4/h7-14,18-20H,15-17H2,1-6H3,(H,28,32)/t20-/m1/s1. The predicted octanol–water partition coefficient (Wildman–Crippen LogP) is 4.42. The van der Waals surface area contributed by atoms with Crippen LogP contribution in [-0.2, 0) is 26.2 Å². The fourth-order valence-corrected chi connectivity index (χ4v) is 4.44. The van der Waals surface area contributed by atoms with E-state index in [1.807, 2.05) is 39.8 Å². The van der Waals surface area contributed by atoms with E-state index in [0.717, 1.165) is 21.7 Å². The molecule has 0 aliphatic rings. The summed E-state index contributed by atoms with van der Waals surface area (Å²) in [6, 6.07) is 13.3. The number of hydrogen-bond donors (Lipinski definition) is 1. The molecule has 9 heteroatoms. The number of amides is 2. The molecular formula is C26H36ClN3O4S. The van der Waals surface area contributed by atoms with E-state index in [2.05, 4.69) is 5.32 Å². The summed E-state index contributed by atoms with van der Waals surface area (Å²) in [6.45, 7) is 9.90. The monoisotopic (exact) mass is 521 g/mol. The van der Waals surface area contributed by atoms with Crippen molar-refractivity contribution in [1.82, 2.24) is 10.2 Å². The highest BCUT2D eigenvalue weighted by molar-refractivity contribution is 7.92. The average Bonchev–Trinajstić information content (AvgIpc) is 2.79. The molecule has 0 aliphatic carbocycles. The third-order valence-electron chi connectivity index (χ3n) is 5.64. The van der Waals surface area contributed by atoms with Crippen molar-refractivity contribution in [2.24, 2.45) is 5.92 Å². The first-order valence-corrected chi connectivity index (χ1v) is 13.9. The molecule has 1 atom stereocenters. The Morgan fingerprint density at radius 3 is 2.00 bits per heavy atom. The van der Waals surface area contributed by atoms with E-state index in [1.54, 1.807) is 43.3 Å². The Balaban J connectivity index is 2.35. The van der Waals surface area contributed by atoms with Gasteiger partial charge >= 0.3 is 0 Å². The maximum Gasteiger partial charge on any atom is 0.244 e. The summed E-state index contributed by atoms with van der Waals surface area (Å²) < 4.78 is 26.4. The molecule has 2 aromatic rings. The van der Waals surface area contributed by atoms with Crippen molar-refractivity contribution >= 4 is 39.1 Å². The second-order valence-corrected chi connectivity index (χ2v) is 11.8. The molecule has 0 radical (unpaired) electrons. The van der Waals surface area contributed by atoms with Gasteiger partial charge in [0.1, 0.15) is 12.6 Å². The van der Waals surface area contributed by atoms with E-state index in [1.165, 1.54) is 4.90 Å². The van der Waals surface area contributed by atoms with E-state index in [-0.39, 0.29) is 24.3 Å². The molecule has 2 aromatic carbocycles. The fourth-order valence-electron chi connectivity index (χ4n) is 3.46. The summed E-state index contributed by atoms with van der Waals surface area (Å²) in [7, 11) is -3.76. The van der Waals surface area contributed by atoms with Gasteiger partial charge in [0.15, 0.2) is 0 Å². The molecule has 2 rings (SSSR count). The van der Waals surface area contributed by atoms with Crippen LogP contribution in [0, 0.1) is 5.92 Å². The highest BCUT2D eigenvalue weighted by Gasteiger charge is 2.30. The van der Waals surface area contributed by atoms with E-state index < -0.39 is 28.5 Å². The molecule has 1 N–H and O–H groups in total.